The summed E-state index contributed by atoms with van der Waals surface area (Å²) in [5.41, 5.74) is 2.84. The van der Waals surface area contributed by atoms with E-state index in [2.05, 4.69) is 48.3 Å². The van der Waals surface area contributed by atoms with Crippen LogP contribution in [-0.2, 0) is 0 Å². The molecule has 2 rings (SSSR count). The number of hydrogen-bond acceptors (Lipinski definition) is 2. The Kier molecular flexibility index (Phi) is 8.70. The number of hydrogen-bond donors (Lipinski definition) is 1. The summed E-state index contributed by atoms with van der Waals surface area (Å²) < 4.78 is 0. The molecule has 0 radical (unpaired) electrons. The van der Waals surface area contributed by atoms with Crippen molar-refractivity contribution in [2.24, 2.45) is 0 Å². The zero-order chi connectivity index (χ0) is 16.3. The predicted molar refractivity (Wildman–Crippen MR) is 101 cm³/mol. The number of piperidine rings is 1. The second kappa shape index (κ2) is 10.8. The summed E-state index contributed by atoms with van der Waals surface area (Å²) in [4.78, 5) is 2.69. The molecule has 1 aromatic rings. The first-order valence-corrected chi connectivity index (χ1v) is 9.82. The van der Waals surface area contributed by atoms with Crippen molar-refractivity contribution in [2.45, 2.75) is 71.3 Å². The first-order valence-electron chi connectivity index (χ1n) is 9.82. The number of aryl methyl sites for hydroxylation is 1. The standard InChI is InChI=1S/C21H36N2/c1-3-4-5-6-8-15-22-18-21(23-16-9-7-10-17-23)20-13-11-19(2)12-14-20/h11-14,21-22H,3-10,15-18H2,1-2H3. The third-order valence-corrected chi connectivity index (χ3v) is 5.09. The molecular weight excluding hydrogens is 280 g/mol. The normalized spacial score (nSPS) is 17.3. The van der Waals surface area contributed by atoms with Crippen molar-refractivity contribution in [3.05, 3.63) is 35.4 Å². The Labute approximate surface area is 143 Å². The van der Waals surface area contributed by atoms with Gasteiger partial charge < -0.3 is 5.32 Å². The molecule has 1 heterocycles. The maximum atomic E-state index is 3.73. The number of benzene rings is 1. The molecule has 1 fully saturated rings. The Bertz CT molecular complexity index is 406. The average Bonchev–Trinajstić information content (AvgIpc) is 2.59. The second-order valence-corrected chi connectivity index (χ2v) is 7.14. The third-order valence-electron chi connectivity index (χ3n) is 5.09. The van der Waals surface area contributed by atoms with Gasteiger partial charge in [0.2, 0.25) is 0 Å². The van der Waals surface area contributed by atoms with E-state index in [1.165, 1.54) is 82.1 Å². The molecule has 23 heavy (non-hydrogen) atoms. The zero-order valence-corrected chi connectivity index (χ0v) is 15.3. The van der Waals surface area contributed by atoms with Gasteiger partial charge in [-0.1, -0.05) is 68.9 Å². The highest BCUT2D eigenvalue weighted by Crippen LogP contribution is 2.24. The van der Waals surface area contributed by atoms with E-state index in [1.807, 2.05) is 0 Å². The maximum Gasteiger partial charge on any atom is 0.0472 e. The van der Waals surface area contributed by atoms with Gasteiger partial charge in [-0.3, -0.25) is 4.90 Å². The average molecular weight is 317 g/mol. The fourth-order valence-electron chi connectivity index (χ4n) is 3.57. The van der Waals surface area contributed by atoms with Crippen molar-refractivity contribution in [1.82, 2.24) is 10.2 Å². The lowest BCUT2D eigenvalue weighted by molar-refractivity contribution is 0.160. The van der Waals surface area contributed by atoms with Crippen LogP contribution in [0, 0.1) is 6.92 Å². The van der Waals surface area contributed by atoms with Gasteiger partial charge in [-0.15, -0.1) is 0 Å². The molecule has 1 aliphatic rings. The van der Waals surface area contributed by atoms with E-state index >= 15 is 0 Å². The first-order chi connectivity index (χ1) is 11.3. The van der Waals surface area contributed by atoms with Gasteiger partial charge in [0, 0.05) is 12.6 Å². The molecule has 1 aliphatic heterocycles. The van der Waals surface area contributed by atoms with Crippen LogP contribution < -0.4 is 5.32 Å². The summed E-state index contributed by atoms with van der Waals surface area (Å²) >= 11 is 0. The molecular formula is C21H36N2. The molecule has 2 nitrogen and oxygen atoms in total. The molecule has 1 saturated heterocycles. The Morgan fingerprint density at radius 3 is 2.35 bits per heavy atom. The van der Waals surface area contributed by atoms with E-state index in [0.717, 1.165) is 6.54 Å². The van der Waals surface area contributed by atoms with Crippen molar-refractivity contribution in [2.75, 3.05) is 26.2 Å². The lowest BCUT2D eigenvalue weighted by Crippen LogP contribution is -2.39. The summed E-state index contributed by atoms with van der Waals surface area (Å²) in [7, 11) is 0. The lowest BCUT2D eigenvalue weighted by Gasteiger charge is -2.35. The van der Waals surface area contributed by atoms with Crippen molar-refractivity contribution in [1.29, 1.82) is 0 Å². The predicted octanol–water partition coefficient (Wildman–Crippen LogP) is 5.08. The Hall–Kier alpha value is -0.860. The smallest absolute Gasteiger partial charge is 0.0472 e. The molecule has 1 unspecified atom stereocenters. The number of unbranched alkanes of at least 4 members (excludes halogenated alkanes) is 4. The number of rotatable bonds is 10. The van der Waals surface area contributed by atoms with Crippen LogP contribution in [0.4, 0.5) is 0 Å². The fourth-order valence-corrected chi connectivity index (χ4v) is 3.57. The Morgan fingerprint density at radius 2 is 1.65 bits per heavy atom. The second-order valence-electron chi connectivity index (χ2n) is 7.14. The molecule has 1 aromatic carbocycles. The molecule has 1 N–H and O–H groups in total. The maximum absolute atomic E-state index is 3.73. The fraction of sp³-hybridized carbons (Fsp3) is 0.714. The quantitative estimate of drug-likeness (QED) is 0.605. The lowest BCUT2D eigenvalue weighted by atomic mass is 10.0. The third kappa shape index (κ3) is 6.64. The Balaban J connectivity index is 1.82. The monoisotopic (exact) mass is 316 g/mol. The van der Waals surface area contributed by atoms with Crippen molar-refractivity contribution in [3.8, 4) is 0 Å². The molecule has 1 atom stereocenters. The van der Waals surface area contributed by atoms with Crippen LogP contribution >= 0.6 is 0 Å². The van der Waals surface area contributed by atoms with Gasteiger partial charge in [0.05, 0.1) is 0 Å². The summed E-state index contributed by atoms with van der Waals surface area (Å²) in [5.74, 6) is 0. The molecule has 0 spiro atoms. The number of nitrogens with one attached hydrogen (secondary N) is 1. The van der Waals surface area contributed by atoms with Crippen LogP contribution in [0.5, 0.6) is 0 Å². The molecule has 2 heteroatoms. The molecule has 0 amide bonds. The summed E-state index contributed by atoms with van der Waals surface area (Å²) in [6, 6.07) is 9.73. The van der Waals surface area contributed by atoms with E-state index < -0.39 is 0 Å². The van der Waals surface area contributed by atoms with E-state index in [-0.39, 0.29) is 0 Å². The summed E-state index contributed by atoms with van der Waals surface area (Å²) in [5, 5.41) is 3.73. The highest BCUT2D eigenvalue weighted by molar-refractivity contribution is 5.24. The minimum absolute atomic E-state index is 0.548. The topological polar surface area (TPSA) is 15.3 Å². The van der Waals surface area contributed by atoms with Crippen LogP contribution in [0.15, 0.2) is 24.3 Å². The van der Waals surface area contributed by atoms with Gasteiger partial charge in [0.25, 0.3) is 0 Å². The largest absolute Gasteiger partial charge is 0.315 e. The van der Waals surface area contributed by atoms with Gasteiger partial charge in [0.15, 0.2) is 0 Å². The highest BCUT2D eigenvalue weighted by Gasteiger charge is 2.21. The van der Waals surface area contributed by atoms with E-state index in [0.29, 0.717) is 6.04 Å². The Morgan fingerprint density at radius 1 is 0.957 bits per heavy atom. The van der Waals surface area contributed by atoms with E-state index in [1.54, 1.807) is 0 Å². The number of nitrogens with zero attached hydrogens (tertiary/aromatic N) is 1. The van der Waals surface area contributed by atoms with E-state index in [4.69, 9.17) is 0 Å². The van der Waals surface area contributed by atoms with Gasteiger partial charge in [-0.25, -0.2) is 0 Å². The molecule has 0 saturated carbocycles. The minimum Gasteiger partial charge on any atom is -0.315 e. The summed E-state index contributed by atoms with van der Waals surface area (Å²) in [6.07, 6.45) is 10.9. The van der Waals surface area contributed by atoms with Gasteiger partial charge in [-0.2, -0.15) is 0 Å². The van der Waals surface area contributed by atoms with Gasteiger partial charge in [-0.05, 0) is 51.4 Å². The van der Waals surface area contributed by atoms with Crippen LogP contribution in [0.3, 0.4) is 0 Å². The number of likely N-dealkylation sites (tertiary alicyclic amines) is 1. The minimum atomic E-state index is 0.548. The molecule has 0 aliphatic carbocycles. The molecule has 0 bridgehead atoms. The van der Waals surface area contributed by atoms with Crippen LogP contribution in [0.25, 0.3) is 0 Å². The summed E-state index contributed by atoms with van der Waals surface area (Å²) in [6.45, 7) is 9.24. The van der Waals surface area contributed by atoms with Crippen LogP contribution in [0.1, 0.15) is 75.5 Å². The SMILES string of the molecule is CCCCCCCNCC(c1ccc(C)cc1)N1CCCCC1. The molecule has 130 valence electrons. The van der Waals surface area contributed by atoms with Crippen molar-refractivity contribution >= 4 is 0 Å². The highest BCUT2D eigenvalue weighted by atomic mass is 15.2. The van der Waals surface area contributed by atoms with E-state index in [9.17, 15) is 0 Å². The van der Waals surface area contributed by atoms with Crippen molar-refractivity contribution in [3.63, 3.8) is 0 Å². The first kappa shape index (κ1) is 18.5. The zero-order valence-electron chi connectivity index (χ0n) is 15.3. The van der Waals surface area contributed by atoms with Crippen molar-refractivity contribution < 1.29 is 0 Å². The van der Waals surface area contributed by atoms with Crippen LogP contribution in [0.2, 0.25) is 0 Å². The molecule has 0 aromatic heterocycles. The van der Waals surface area contributed by atoms with Crippen LogP contribution in [-0.4, -0.2) is 31.1 Å². The van der Waals surface area contributed by atoms with Gasteiger partial charge >= 0.3 is 0 Å². The van der Waals surface area contributed by atoms with Gasteiger partial charge in [0.1, 0.15) is 0 Å².